The molecule has 6 heteroatoms. The van der Waals surface area contributed by atoms with E-state index in [1.165, 1.54) is 0 Å². The number of nitrogens with one attached hydrogen (secondary N) is 2. The first kappa shape index (κ1) is 21.5. The highest BCUT2D eigenvalue weighted by atomic mass is 35.5. The molecule has 25 heavy (non-hydrogen) atoms. The van der Waals surface area contributed by atoms with Crippen molar-refractivity contribution < 1.29 is 9.59 Å². The number of amides is 2. The lowest BCUT2D eigenvalue weighted by atomic mass is 10.0. The van der Waals surface area contributed by atoms with Crippen molar-refractivity contribution in [3.05, 3.63) is 35.4 Å². The van der Waals surface area contributed by atoms with Crippen LogP contribution < -0.4 is 10.6 Å². The molecule has 0 spiro atoms. The van der Waals surface area contributed by atoms with Crippen molar-refractivity contribution in [2.24, 2.45) is 0 Å². The summed E-state index contributed by atoms with van der Waals surface area (Å²) >= 11 is 0. The van der Waals surface area contributed by atoms with Crippen LogP contribution in [0, 0.1) is 0 Å². The van der Waals surface area contributed by atoms with Gasteiger partial charge in [0.1, 0.15) is 0 Å². The Hall–Kier alpha value is -1.59. The highest BCUT2D eigenvalue weighted by Crippen LogP contribution is 2.17. The zero-order valence-electron chi connectivity index (χ0n) is 15.2. The average Bonchev–Trinajstić information content (AvgIpc) is 2.64. The number of hydrogen-bond acceptors (Lipinski definition) is 3. The average molecular weight is 368 g/mol. The fourth-order valence-electron chi connectivity index (χ4n) is 3.11. The number of rotatable bonds is 7. The predicted molar refractivity (Wildman–Crippen MR) is 104 cm³/mol. The van der Waals surface area contributed by atoms with E-state index in [2.05, 4.69) is 17.6 Å². The van der Waals surface area contributed by atoms with Gasteiger partial charge in [-0.2, -0.15) is 0 Å². The molecule has 1 aliphatic rings. The molecule has 2 rings (SSSR count). The van der Waals surface area contributed by atoms with E-state index in [9.17, 15) is 9.59 Å². The Morgan fingerprint density at radius 3 is 2.48 bits per heavy atom. The maximum Gasteiger partial charge on any atom is 0.254 e. The second-order valence-electron chi connectivity index (χ2n) is 6.32. The summed E-state index contributed by atoms with van der Waals surface area (Å²) in [7, 11) is 0. The second-order valence-corrected chi connectivity index (χ2v) is 6.32. The lowest BCUT2D eigenvalue weighted by Crippen LogP contribution is -2.46. The molecule has 2 amide bonds. The normalized spacial score (nSPS) is 14.5. The Morgan fingerprint density at radius 1 is 1.16 bits per heavy atom. The Morgan fingerprint density at radius 2 is 1.84 bits per heavy atom. The summed E-state index contributed by atoms with van der Waals surface area (Å²) in [5.74, 6) is -0.0794. The maximum absolute atomic E-state index is 13.0. The van der Waals surface area contributed by atoms with E-state index in [1.807, 2.05) is 17.9 Å². The predicted octanol–water partition coefficient (Wildman–Crippen LogP) is 2.85. The van der Waals surface area contributed by atoms with Crippen molar-refractivity contribution in [1.29, 1.82) is 0 Å². The van der Waals surface area contributed by atoms with Gasteiger partial charge in [-0.05, 0) is 57.0 Å². The van der Waals surface area contributed by atoms with Gasteiger partial charge in [-0.25, -0.2) is 0 Å². The highest BCUT2D eigenvalue weighted by Gasteiger charge is 2.25. The SMILES string of the molecule is CCCNC(=O)c1cccc(C(=O)N(CCC)C2CCNCC2)c1.Cl. The van der Waals surface area contributed by atoms with Crippen molar-refractivity contribution >= 4 is 24.2 Å². The van der Waals surface area contributed by atoms with Gasteiger partial charge in [0.05, 0.1) is 0 Å². The quantitative estimate of drug-likeness (QED) is 0.779. The Balaban J connectivity index is 0.00000312. The summed E-state index contributed by atoms with van der Waals surface area (Å²) in [5.41, 5.74) is 1.15. The number of carbonyl (C=O) groups excluding carboxylic acids is 2. The van der Waals surface area contributed by atoms with Gasteiger partial charge in [0.25, 0.3) is 11.8 Å². The fourth-order valence-corrected chi connectivity index (χ4v) is 3.11. The number of nitrogens with zero attached hydrogens (tertiary/aromatic N) is 1. The molecule has 0 saturated carbocycles. The molecular formula is C19H30ClN3O2. The van der Waals surface area contributed by atoms with Crippen LogP contribution in [0.3, 0.4) is 0 Å². The van der Waals surface area contributed by atoms with Crippen LogP contribution in [0.1, 0.15) is 60.2 Å². The van der Waals surface area contributed by atoms with Gasteiger partial charge in [-0.1, -0.05) is 19.9 Å². The standard InChI is InChI=1S/C19H29N3O2.ClH/c1-3-10-21-18(23)15-6-5-7-16(14-15)19(24)22(13-4-2)17-8-11-20-12-9-17;/h5-7,14,17,20H,3-4,8-13H2,1-2H3,(H,21,23);1H. The first-order valence-electron chi connectivity index (χ1n) is 9.07. The van der Waals surface area contributed by atoms with E-state index in [-0.39, 0.29) is 30.3 Å². The molecule has 0 radical (unpaired) electrons. The van der Waals surface area contributed by atoms with Gasteiger partial charge >= 0.3 is 0 Å². The number of halogens is 1. The van der Waals surface area contributed by atoms with E-state index in [4.69, 9.17) is 0 Å². The minimum Gasteiger partial charge on any atom is -0.352 e. The topological polar surface area (TPSA) is 61.4 Å². The Kier molecular flexibility index (Phi) is 9.53. The molecule has 1 aromatic rings. The highest BCUT2D eigenvalue weighted by molar-refractivity contribution is 5.99. The van der Waals surface area contributed by atoms with Crippen molar-refractivity contribution in [1.82, 2.24) is 15.5 Å². The molecule has 2 N–H and O–H groups in total. The van der Waals surface area contributed by atoms with Crippen molar-refractivity contribution in [2.45, 2.75) is 45.6 Å². The molecular weight excluding hydrogens is 338 g/mol. The van der Waals surface area contributed by atoms with Gasteiger partial charge in [-0.15, -0.1) is 12.4 Å². The largest absolute Gasteiger partial charge is 0.352 e. The van der Waals surface area contributed by atoms with E-state index < -0.39 is 0 Å². The first-order chi connectivity index (χ1) is 11.7. The monoisotopic (exact) mass is 367 g/mol. The molecule has 1 aliphatic heterocycles. The molecule has 0 aromatic heterocycles. The number of benzene rings is 1. The molecule has 140 valence electrons. The van der Waals surface area contributed by atoms with Crippen molar-refractivity contribution in [3.8, 4) is 0 Å². The third-order valence-corrected chi connectivity index (χ3v) is 4.38. The minimum atomic E-state index is -0.115. The lowest BCUT2D eigenvalue weighted by Gasteiger charge is -2.34. The summed E-state index contributed by atoms with van der Waals surface area (Å²) in [4.78, 5) is 27.1. The minimum absolute atomic E-state index is 0. The van der Waals surface area contributed by atoms with Gasteiger partial charge in [0.2, 0.25) is 0 Å². The molecule has 0 aliphatic carbocycles. The van der Waals surface area contributed by atoms with Gasteiger partial charge in [-0.3, -0.25) is 9.59 Å². The van der Waals surface area contributed by atoms with Crippen molar-refractivity contribution in [3.63, 3.8) is 0 Å². The van der Waals surface area contributed by atoms with Gasteiger partial charge in [0.15, 0.2) is 0 Å². The summed E-state index contributed by atoms with van der Waals surface area (Å²) in [6.45, 7) is 7.43. The number of piperidine rings is 1. The number of carbonyl (C=O) groups is 2. The van der Waals surface area contributed by atoms with Crippen LogP contribution in [0.25, 0.3) is 0 Å². The molecule has 0 bridgehead atoms. The van der Waals surface area contributed by atoms with Crippen molar-refractivity contribution in [2.75, 3.05) is 26.2 Å². The molecule has 1 aromatic carbocycles. The first-order valence-corrected chi connectivity index (χ1v) is 9.07. The smallest absolute Gasteiger partial charge is 0.254 e. The van der Waals surface area contributed by atoms with Crippen LogP contribution in [-0.2, 0) is 0 Å². The summed E-state index contributed by atoms with van der Waals surface area (Å²) in [6.07, 6.45) is 3.81. The van der Waals surface area contributed by atoms with Gasteiger partial charge in [0, 0.05) is 30.3 Å². The second kappa shape index (κ2) is 11.1. The third-order valence-electron chi connectivity index (χ3n) is 4.38. The molecule has 1 heterocycles. The Bertz CT molecular complexity index is 559. The molecule has 0 unspecified atom stereocenters. The Labute approximate surface area is 157 Å². The van der Waals surface area contributed by atoms with Crippen LogP contribution in [-0.4, -0.2) is 48.9 Å². The fraction of sp³-hybridized carbons (Fsp3) is 0.579. The molecule has 1 fully saturated rings. The molecule has 1 saturated heterocycles. The molecule has 0 atom stereocenters. The zero-order chi connectivity index (χ0) is 17.4. The summed E-state index contributed by atoms with van der Waals surface area (Å²) < 4.78 is 0. The van der Waals surface area contributed by atoms with Crippen LogP contribution in [0.2, 0.25) is 0 Å². The van der Waals surface area contributed by atoms with Crippen LogP contribution in [0.15, 0.2) is 24.3 Å². The van der Waals surface area contributed by atoms with E-state index in [1.54, 1.807) is 18.2 Å². The number of hydrogen-bond donors (Lipinski definition) is 2. The van der Waals surface area contributed by atoms with Crippen LogP contribution >= 0.6 is 12.4 Å². The van der Waals surface area contributed by atoms with E-state index in [0.29, 0.717) is 17.7 Å². The zero-order valence-corrected chi connectivity index (χ0v) is 16.0. The molecule has 5 nitrogen and oxygen atoms in total. The van der Waals surface area contributed by atoms with Gasteiger partial charge < -0.3 is 15.5 Å². The van der Waals surface area contributed by atoms with Crippen LogP contribution in [0.5, 0.6) is 0 Å². The summed E-state index contributed by atoms with van der Waals surface area (Å²) in [5, 5.41) is 6.20. The lowest BCUT2D eigenvalue weighted by molar-refractivity contribution is 0.0642. The maximum atomic E-state index is 13.0. The van der Waals surface area contributed by atoms with E-state index >= 15 is 0 Å². The van der Waals surface area contributed by atoms with E-state index in [0.717, 1.165) is 45.3 Å². The third kappa shape index (κ3) is 6.01. The summed E-state index contributed by atoms with van der Waals surface area (Å²) in [6, 6.07) is 7.37. The van der Waals surface area contributed by atoms with Crippen LogP contribution in [0.4, 0.5) is 0 Å².